The molecule has 0 aliphatic carbocycles. The average molecular weight is 338 g/mol. The zero-order valence-electron chi connectivity index (χ0n) is 13.5. The van der Waals surface area contributed by atoms with Crippen molar-refractivity contribution in [3.05, 3.63) is 48.8 Å². The zero-order valence-corrected chi connectivity index (χ0v) is 13.5. The highest BCUT2D eigenvalue weighted by Crippen LogP contribution is 2.30. The third-order valence-electron chi connectivity index (χ3n) is 4.26. The number of piperidine rings is 1. The van der Waals surface area contributed by atoms with E-state index in [1.54, 1.807) is 37.1 Å². The number of anilines is 1. The summed E-state index contributed by atoms with van der Waals surface area (Å²) in [6.07, 6.45) is 13.2. The predicted octanol–water partition coefficient (Wildman–Crippen LogP) is 2.14. The number of hydrogen-bond acceptors (Lipinski definition) is 5. The van der Waals surface area contributed by atoms with Gasteiger partial charge in [0.1, 0.15) is 0 Å². The molecule has 0 saturated carbocycles. The minimum atomic E-state index is -0.139. The van der Waals surface area contributed by atoms with E-state index in [2.05, 4.69) is 30.6 Å². The topological polar surface area (TPSA) is 105 Å². The molecule has 3 aromatic rings. The lowest BCUT2D eigenvalue weighted by Crippen LogP contribution is -2.41. The predicted molar refractivity (Wildman–Crippen MR) is 90.1 cm³/mol. The quantitative estimate of drug-likeness (QED) is 0.761. The molecule has 25 heavy (non-hydrogen) atoms. The molecule has 0 aromatic carbocycles. The van der Waals surface area contributed by atoms with Crippen molar-refractivity contribution >= 4 is 11.7 Å². The van der Waals surface area contributed by atoms with Crippen LogP contribution in [0.1, 0.15) is 30.9 Å². The van der Waals surface area contributed by atoms with Crippen molar-refractivity contribution in [1.29, 1.82) is 0 Å². The molecule has 4 rings (SSSR count). The van der Waals surface area contributed by atoms with Gasteiger partial charge in [-0.15, -0.1) is 0 Å². The number of nitrogens with one attached hydrogen (secondary N) is 2. The standard InChI is InChI=1S/C16H18N8O/c25-16(23-7-2-1-4-14(23)12-8-19-20-9-12)22-13-10-21-24(11-13)15-17-5-3-6-18-15/h3,5-6,8-11,14H,1-2,4,7H2,(H,19,20)(H,22,25). The molecule has 1 unspecified atom stereocenters. The van der Waals surface area contributed by atoms with Gasteiger partial charge in [-0.05, 0) is 25.3 Å². The number of likely N-dealkylation sites (tertiary alicyclic amines) is 1. The van der Waals surface area contributed by atoms with Crippen LogP contribution in [0, 0.1) is 0 Å². The van der Waals surface area contributed by atoms with E-state index in [-0.39, 0.29) is 12.1 Å². The van der Waals surface area contributed by atoms with E-state index < -0.39 is 0 Å². The smallest absolute Gasteiger partial charge is 0.317 e. The van der Waals surface area contributed by atoms with Crippen LogP contribution >= 0.6 is 0 Å². The summed E-state index contributed by atoms with van der Waals surface area (Å²) in [6.45, 7) is 0.720. The first-order valence-electron chi connectivity index (χ1n) is 8.19. The molecule has 1 aliphatic rings. The number of carbonyl (C=O) groups is 1. The first-order valence-corrected chi connectivity index (χ1v) is 8.19. The molecule has 128 valence electrons. The van der Waals surface area contributed by atoms with E-state index in [1.165, 1.54) is 4.68 Å². The highest BCUT2D eigenvalue weighted by molar-refractivity contribution is 5.89. The number of rotatable bonds is 3. The molecule has 0 bridgehead atoms. The van der Waals surface area contributed by atoms with Crippen molar-refractivity contribution in [2.75, 3.05) is 11.9 Å². The van der Waals surface area contributed by atoms with Gasteiger partial charge in [0.15, 0.2) is 0 Å². The number of hydrogen-bond donors (Lipinski definition) is 2. The van der Waals surface area contributed by atoms with Crippen LogP contribution in [0.2, 0.25) is 0 Å². The summed E-state index contributed by atoms with van der Waals surface area (Å²) in [6, 6.07) is 1.64. The molecule has 0 radical (unpaired) electrons. The Morgan fingerprint density at radius 1 is 1.24 bits per heavy atom. The van der Waals surface area contributed by atoms with Crippen LogP contribution in [0.4, 0.5) is 10.5 Å². The van der Waals surface area contributed by atoms with Gasteiger partial charge in [-0.3, -0.25) is 5.10 Å². The molecule has 0 spiro atoms. The van der Waals surface area contributed by atoms with Crippen molar-refractivity contribution in [2.45, 2.75) is 25.3 Å². The van der Waals surface area contributed by atoms with Crippen LogP contribution in [0.5, 0.6) is 0 Å². The number of urea groups is 1. The Labute approximate surface area is 144 Å². The van der Waals surface area contributed by atoms with Crippen molar-refractivity contribution in [3.8, 4) is 5.95 Å². The van der Waals surface area contributed by atoms with Crippen LogP contribution in [-0.4, -0.2) is 47.4 Å². The molecule has 2 amide bonds. The third kappa shape index (κ3) is 3.21. The van der Waals surface area contributed by atoms with Gasteiger partial charge in [0.25, 0.3) is 0 Å². The summed E-state index contributed by atoms with van der Waals surface area (Å²) in [5.41, 5.74) is 1.64. The van der Waals surface area contributed by atoms with E-state index >= 15 is 0 Å². The summed E-state index contributed by atoms with van der Waals surface area (Å²) in [5.74, 6) is 0.456. The number of aromatic amines is 1. The summed E-state index contributed by atoms with van der Waals surface area (Å²) in [7, 11) is 0. The van der Waals surface area contributed by atoms with Gasteiger partial charge in [-0.1, -0.05) is 0 Å². The highest BCUT2D eigenvalue weighted by atomic mass is 16.2. The molecule has 1 saturated heterocycles. The van der Waals surface area contributed by atoms with Crippen molar-refractivity contribution in [2.24, 2.45) is 0 Å². The van der Waals surface area contributed by atoms with Crippen molar-refractivity contribution in [1.82, 2.24) is 34.8 Å². The second-order valence-corrected chi connectivity index (χ2v) is 5.89. The monoisotopic (exact) mass is 338 g/mol. The van der Waals surface area contributed by atoms with Crippen LogP contribution in [0.25, 0.3) is 5.95 Å². The lowest BCUT2D eigenvalue weighted by molar-refractivity contribution is 0.163. The molecular formula is C16H18N8O. The minimum Gasteiger partial charge on any atom is -0.317 e. The van der Waals surface area contributed by atoms with Crippen LogP contribution in [-0.2, 0) is 0 Å². The molecule has 1 atom stereocenters. The maximum Gasteiger partial charge on any atom is 0.322 e. The number of amides is 2. The van der Waals surface area contributed by atoms with E-state index in [1.807, 2.05) is 11.1 Å². The molecule has 2 N–H and O–H groups in total. The fourth-order valence-corrected chi connectivity index (χ4v) is 3.07. The molecular weight excluding hydrogens is 320 g/mol. The van der Waals surface area contributed by atoms with Gasteiger partial charge in [0.05, 0.1) is 30.3 Å². The number of H-pyrrole nitrogens is 1. The Morgan fingerprint density at radius 2 is 2.12 bits per heavy atom. The Balaban J connectivity index is 1.48. The number of nitrogens with zero attached hydrogens (tertiary/aromatic N) is 6. The Bertz CT molecular complexity index is 829. The summed E-state index contributed by atoms with van der Waals surface area (Å²) >= 11 is 0. The van der Waals surface area contributed by atoms with Crippen LogP contribution < -0.4 is 5.32 Å². The molecule has 3 aromatic heterocycles. The second-order valence-electron chi connectivity index (χ2n) is 5.89. The Morgan fingerprint density at radius 3 is 2.92 bits per heavy atom. The van der Waals surface area contributed by atoms with Gasteiger partial charge in [0, 0.05) is 30.7 Å². The average Bonchev–Trinajstić information content (AvgIpc) is 3.34. The Kier molecular flexibility index (Phi) is 4.11. The molecule has 4 heterocycles. The van der Waals surface area contributed by atoms with Gasteiger partial charge < -0.3 is 10.2 Å². The lowest BCUT2D eigenvalue weighted by Gasteiger charge is -2.35. The molecule has 1 fully saturated rings. The molecule has 9 heteroatoms. The first-order chi connectivity index (χ1) is 12.3. The van der Waals surface area contributed by atoms with Gasteiger partial charge in [-0.2, -0.15) is 10.2 Å². The van der Waals surface area contributed by atoms with Crippen molar-refractivity contribution in [3.63, 3.8) is 0 Å². The maximum atomic E-state index is 12.7. The first kappa shape index (κ1) is 15.3. The van der Waals surface area contributed by atoms with Gasteiger partial charge >= 0.3 is 6.03 Å². The number of aromatic nitrogens is 6. The summed E-state index contributed by atoms with van der Waals surface area (Å²) < 4.78 is 1.53. The van der Waals surface area contributed by atoms with E-state index in [0.717, 1.165) is 31.4 Å². The zero-order chi connectivity index (χ0) is 17.1. The van der Waals surface area contributed by atoms with Crippen LogP contribution in [0.15, 0.2) is 43.2 Å². The Hall–Kier alpha value is -3.23. The second kappa shape index (κ2) is 6.71. The van der Waals surface area contributed by atoms with E-state index in [0.29, 0.717) is 11.6 Å². The van der Waals surface area contributed by atoms with E-state index in [4.69, 9.17) is 0 Å². The normalized spacial score (nSPS) is 17.4. The van der Waals surface area contributed by atoms with Gasteiger partial charge in [-0.25, -0.2) is 19.4 Å². The fraction of sp³-hybridized carbons (Fsp3) is 0.312. The highest BCUT2D eigenvalue weighted by Gasteiger charge is 2.28. The lowest BCUT2D eigenvalue weighted by atomic mass is 9.98. The third-order valence-corrected chi connectivity index (χ3v) is 4.26. The van der Waals surface area contributed by atoms with Crippen LogP contribution in [0.3, 0.4) is 0 Å². The molecule has 9 nitrogen and oxygen atoms in total. The number of carbonyl (C=O) groups excluding carboxylic acids is 1. The maximum absolute atomic E-state index is 12.7. The SMILES string of the molecule is O=C(Nc1cnn(-c2ncccn2)c1)N1CCCCC1c1cn[nH]c1. The molecule has 1 aliphatic heterocycles. The van der Waals surface area contributed by atoms with Crippen molar-refractivity contribution < 1.29 is 4.79 Å². The summed E-state index contributed by atoms with van der Waals surface area (Å²) in [4.78, 5) is 22.9. The van der Waals surface area contributed by atoms with E-state index in [9.17, 15) is 4.79 Å². The van der Waals surface area contributed by atoms with Gasteiger partial charge in [0.2, 0.25) is 5.95 Å². The fourth-order valence-electron chi connectivity index (χ4n) is 3.07. The minimum absolute atomic E-state index is 0.0417. The summed E-state index contributed by atoms with van der Waals surface area (Å²) in [5, 5.41) is 13.9. The largest absolute Gasteiger partial charge is 0.322 e.